The third-order valence-corrected chi connectivity index (χ3v) is 2.68. The summed E-state index contributed by atoms with van der Waals surface area (Å²) in [4.78, 5) is 12.1. The number of aliphatic hydroxyl groups excluding tert-OH is 1. The average Bonchev–Trinajstić information content (AvgIpc) is 2.23. The van der Waals surface area contributed by atoms with Crippen LogP contribution in [0.2, 0.25) is 0 Å². The number of rotatable bonds is 1. The molecule has 0 aromatic heterocycles. The molecule has 2 aliphatic rings. The first kappa shape index (κ1) is 7.61. The molecule has 2 N–H and O–H groups in total. The van der Waals surface area contributed by atoms with Gasteiger partial charge in [-0.1, -0.05) is 12.2 Å². The Morgan fingerprint density at radius 1 is 1.58 bits per heavy atom. The van der Waals surface area contributed by atoms with Crippen LogP contribution in [0.4, 0.5) is 4.79 Å². The van der Waals surface area contributed by atoms with Crippen LogP contribution < -0.4 is 0 Å². The molecule has 0 aromatic rings. The molecule has 0 radical (unpaired) electrons. The van der Waals surface area contributed by atoms with E-state index < -0.39 is 6.09 Å². The monoisotopic (exact) mass is 169 g/mol. The van der Waals surface area contributed by atoms with Crippen molar-refractivity contribution in [3.05, 3.63) is 12.2 Å². The van der Waals surface area contributed by atoms with E-state index in [9.17, 15) is 4.79 Å². The minimum atomic E-state index is -0.925. The van der Waals surface area contributed by atoms with Gasteiger partial charge >= 0.3 is 6.09 Å². The molecular weight excluding hydrogens is 158 g/mol. The summed E-state index contributed by atoms with van der Waals surface area (Å²) in [5.74, 6) is 0.346. The molecule has 0 bridgehead atoms. The maximum atomic E-state index is 10.7. The second kappa shape index (κ2) is 2.48. The fraction of sp³-hybridized carbons (Fsp3) is 0.625. The maximum absolute atomic E-state index is 10.7. The van der Waals surface area contributed by atoms with Gasteiger partial charge < -0.3 is 10.2 Å². The van der Waals surface area contributed by atoms with Crippen LogP contribution in [-0.4, -0.2) is 39.9 Å². The number of carboxylic acid groups (broad SMARTS) is 1. The van der Waals surface area contributed by atoms with Gasteiger partial charge in [0.15, 0.2) is 0 Å². The molecule has 1 aliphatic heterocycles. The van der Waals surface area contributed by atoms with Crippen molar-refractivity contribution >= 4 is 6.09 Å². The number of fused-ring (bicyclic) bond motifs is 1. The van der Waals surface area contributed by atoms with Gasteiger partial charge in [0.05, 0.1) is 18.7 Å². The van der Waals surface area contributed by atoms with Gasteiger partial charge in [-0.05, 0) is 6.42 Å². The van der Waals surface area contributed by atoms with Crippen LogP contribution in [-0.2, 0) is 0 Å². The number of nitrogens with zero attached hydrogens (tertiary/aromatic N) is 1. The molecule has 1 aliphatic carbocycles. The Hall–Kier alpha value is -1.03. The van der Waals surface area contributed by atoms with Gasteiger partial charge in [-0.15, -0.1) is 0 Å². The van der Waals surface area contributed by atoms with Crippen molar-refractivity contribution in [2.75, 3.05) is 6.61 Å². The summed E-state index contributed by atoms with van der Waals surface area (Å²) in [6.07, 6.45) is 3.74. The zero-order chi connectivity index (χ0) is 8.72. The molecule has 0 saturated carbocycles. The van der Waals surface area contributed by atoms with E-state index in [1.165, 1.54) is 4.90 Å². The maximum Gasteiger partial charge on any atom is 0.408 e. The third-order valence-electron chi connectivity index (χ3n) is 2.68. The van der Waals surface area contributed by atoms with E-state index in [0.717, 1.165) is 6.42 Å². The number of aliphatic hydroxyl groups is 1. The summed E-state index contributed by atoms with van der Waals surface area (Å²) < 4.78 is 0. The van der Waals surface area contributed by atoms with Gasteiger partial charge in [0.25, 0.3) is 0 Å². The lowest BCUT2D eigenvalue weighted by molar-refractivity contribution is 0.105. The van der Waals surface area contributed by atoms with Crippen LogP contribution >= 0.6 is 0 Å². The van der Waals surface area contributed by atoms with Gasteiger partial charge in [0.1, 0.15) is 0 Å². The van der Waals surface area contributed by atoms with Crippen molar-refractivity contribution in [1.82, 2.24) is 4.90 Å². The van der Waals surface area contributed by atoms with Crippen LogP contribution in [0.15, 0.2) is 12.2 Å². The quantitative estimate of drug-likeness (QED) is 0.554. The van der Waals surface area contributed by atoms with E-state index in [2.05, 4.69) is 0 Å². The van der Waals surface area contributed by atoms with Crippen molar-refractivity contribution in [2.45, 2.75) is 18.5 Å². The van der Waals surface area contributed by atoms with Crippen LogP contribution in [0.1, 0.15) is 6.42 Å². The molecule has 12 heavy (non-hydrogen) atoms. The second-order valence-corrected chi connectivity index (χ2v) is 3.30. The van der Waals surface area contributed by atoms with Gasteiger partial charge in [0.2, 0.25) is 0 Å². The Morgan fingerprint density at radius 3 is 2.75 bits per heavy atom. The predicted molar refractivity (Wildman–Crippen MR) is 41.8 cm³/mol. The SMILES string of the molecule is O=C(O)N1C(CO)CC2C=CC21. The first-order valence-electron chi connectivity index (χ1n) is 4.04. The lowest BCUT2D eigenvalue weighted by Crippen LogP contribution is -2.43. The van der Waals surface area contributed by atoms with E-state index in [1.54, 1.807) is 0 Å². The summed E-state index contributed by atoms with van der Waals surface area (Å²) in [7, 11) is 0. The summed E-state index contributed by atoms with van der Waals surface area (Å²) in [6, 6.07) is -0.174. The van der Waals surface area contributed by atoms with Gasteiger partial charge in [-0.25, -0.2) is 4.79 Å². The molecule has 1 amide bonds. The molecule has 4 heteroatoms. The highest BCUT2D eigenvalue weighted by atomic mass is 16.4. The van der Waals surface area contributed by atoms with Gasteiger partial charge in [-0.2, -0.15) is 0 Å². The molecule has 0 aromatic carbocycles. The molecule has 1 fully saturated rings. The van der Waals surface area contributed by atoms with Crippen LogP contribution in [0.3, 0.4) is 0 Å². The predicted octanol–water partition coefficient (Wildman–Crippen LogP) is 0.286. The van der Waals surface area contributed by atoms with Crippen molar-refractivity contribution < 1.29 is 15.0 Å². The molecule has 1 heterocycles. The minimum Gasteiger partial charge on any atom is -0.465 e. The first-order valence-corrected chi connectivity index (χ1v) is 4.04. The van der Waals surface area contributed by atoms with Crippen molar-refractivity contribution in [3.8, 4) is 0 Å². The Bertz CT molecular complexity index is 238. The molecule has 3 atom stereocenters. The molecule has 1 saturated heterocycles. The Kier molecular flexibility index (Phi) is 1.58. The molecular formula is C8H11NO3. The number of hydrogen-bond donors (Lipinski definition) is 2. The van der Waals surface area contributed by atoms with E-state index >= 15 is 0 Å². The topological polar surface area (TPSA) is 60.8 Å². The van der Waals surface area contributed by atoms with Crippen molar-refractivity contribution in [3.63, 3.8) is 0 Å². The molecule has 2 rings (SSSR count). The molecule has 4 nitrogen and oxygen atoms in total. The zero-order valence-corrected chi connectivity index (χ0v) is 6.55. The van der Waals surface area contributed by atoms with E-state index in [-0.39, 0.29) is 18.7 Å². The highest BCUT2D eigenvalue weighted by molar-refractivity contribution is 5.67. The number of carbonyl (C=O) groups is 1. The number of amides is 1. The molecule has 66 valence electrons. The lowest BCUT2D eigenvalue weighted by atomic mass is 9.89. The second-order valence-electron chi connectivity index (χ2n) is 3.30. The summed E-state index contributed by atoms with van der Waals surface area (Å²) in [6.45, 7) is -0.0685. The highest BCUT2D eigenvalue weighted by Gasteiger charge is 2.44. The number of hydrogen-bond acceptors (Lipinski definition) is 2. The van der Waals surface area contributed by atoms with Crippen molar-refractivity contribution in [1.29, 1.82) is 0 Å². The van der Waals surface area contributed by atoms with E-state index in [1.807, 2.05) is 12.2 Å². The Balaban J connectivity index is 2.16. The molecule has 0 spiro atoms. The van der Waals surface area contributed by atoms with Crippen molar-refractivity contribution in [2.24, 2.45) is 5.92 Å². The minimum absolute atomic E-state index is 0.0275. The van der Waals surface area contributed by atoms with Crippen LogP contribution in [0.5, 0.6) is 0 Å². The highest BCUT2D eigenvalue weighted by Crippen LogP contribution is 2.37. The summed E-state index contributed by atoms with van der Waals surface area (Å²) in [5.41, 5.74) is 0. The lowest BCUT2D eigenvalue weighted by Gasteiger charge is -2.29. The first-order chi connectivity index (χ1) is 5.74. The fourth-order valence-corrected chi connectivity index (χ4v) is 2.00. The Labute approximate surface area is 70.1 Å². The normalized spacial score (nSPS) is 37.8. The zero-order valence-electron chi connectivity index (χ0n) is 6.55. The standard InChI is InChI=1S/C8H11NO3/c10-4-6-3-5-1-2-7(5)9(6)8(11)12/h1-2,5-7,10H,3-4H2,(H,11,12). The van der Waals surface area contributed by atoms with Crippen LogP contribution in [0, 0.1) is 5.92 Å². The fourth-order valence-electron chi connectivity index (χ4n) is 2.00. The van der Waals surface area contributed by atoms with E-state index in [4.69, 9.17) is 10.2 Å². The average molecular weight is 169 g/mol. The van der Waals surface area contributed by atoms with E-state index in [0.29, 0.717) is 5.92 Å². The largest absolute Gasteiger partial charge is 0.465 e. The Morgan fingerprint density at radius 2 is 2.33 bits per heavy atom. The number of likely N-dealkylation sites (tertiary alicyclic amines) is 1. The third kappa shape index (κ3) is 0.845. The van der Waals surface area contributed by atoms with Crippen LogP contribution in [0.25, 0.3) is 0 Å². The smallest absolute Gasteiger partial charge is 0.408 e. The van der Waals surface area contributed by atoms with Gasteiger partial charge in [-0.3, -0.25) is 4.90 Å². The van der Waals surface area contributed by atoms with Gasteiger partial charge in [0, 0.05) is 5.92 Å². The molecule has 3 unspecified atom stereocenters. The summed E-state index contributed by atoms with van der Waals surface area (Å²) in [5, 5.41) is 17.7. The summed E-state index contributed by atoms with van der Waals surface area (Å²) >= 11 is 0.